The van der Waals surface area contributed by atoms with Crippen LogP contribution in [0, 0.1) is 0 Å². The normalized spacial score (nSPS) is 18.5. The van der Waals surface area contributed by atoms with E-state index in [1.54, 1.807) is 0 Å². The molecule has 1 aromatic rings. The molecule has 1 N–H and O–H groups in total. The fourth-order valence-corrected chi connectivity index (χ4v) is 3.79. The van der Waals surface area contributed by atoms with Crippen molar-refractivity contribution in [3.8, 4) is 0 Å². The summed E-state index contributed by atoms with van der Waals surface area (Å²) in [6, 6.07) is 3.77. The summed E-state index contributed by atoms with van der Waals surface area (Å²) in [7, 11) is -3.94. The predicted molar refractivity (Wildman–Crippen MR) is 73.7 cm³/mol. The lowest BCUT2D eigenvalue weighted by Crippen LogP contribution is -2.49. The minimum absolute atomic E-state index is 0.0135. The van der Waals surface area contributed by atoms with E-state index in [9.17, 15) is 21.6 Å². The molecule has 1 heterocycles. The second-order valence-electron chi connectivity index (χ2n) is 4.99. The Balaban J connectivity index is 2.18. The summed E-state index contributed by atoms with van der Waals surface area (Å²) in [5, 5.41) is 8.85. The summed E-state index contributed by atoms with van der Waals surface area (Å²) < 4.78 is 64.1. The Bertz CT molecular complexity index is 611. The fourth-order valence-electron chi connectivity index (χ4n) is 2.32. The van der Waals surface area contributed by atoms with Gasteiger partial charge in [-0.25, -0.2) is 8.42 Å². The third-order valence-corrected chi connectivity index (χ3v) is 5.44. The van der Waals surface area contributed by atoms with Crippen LogP contribution >= 0.6 is 0 Å². The van der Waals surface area contributed by atoms with Gasteiger partial charge in [0.2, 0.25) is 10.0 Å². The molecule has 0 aromatic heterocycles. The van der Waals surface area contributed by atoms with E-state index in [4.69, 9.17) is 5.11 Å². The molecule has 0 atom stereocenters. The highest BCUT2D eigenvalue weighted by atomic mass is 32.2. The molecule has 0 unspecified atom stereocenters. The van der Waals surface area contributed by atoms with Gasteiger partial charge in [0.1, 0.15) is 0 Å². The molecule has 1 saturated heterocycles. The fraction of sp³-hybridized carbons (Fsp3) is 0.538. The highest BCUT2D eigenvalue weighted by molar-refractivity contribution is 7.89. The van der Waals surface area contributed by atoms with Crippen molar-refractivity contribution in [1.29, 1.82) is 0 Å². The lowest BCUT2D eigenvalue weighted by Gasteiger charge is -2.33. The molecule has 0 aliphatic carbocycles. The van der Waals surface area contributed by atoms with Gasteiger partial charge in [-0.1, -0.05) is 6.07 Å². The number of piperazine rings is 1. The third kappa shape index (κ3) is 3.78. The summed E-state index contributed by atoms with van der Waals surface area (Å²) in [4.78, 5) is 1.55. The third-order valence-electron chi connectivity index (χ3n) is 3.55. The summed E-state index contributed by atoms with van der Waals surface area (Å²) in [6.45, 7) is 1.71. The van der Waals surface area contributed by atoms with Crippen LogP contribution in [0.4, 0.5) is 13.2 Å². The Hall–Kier alpha value is -1.16. The predicted octanol–water partition coefficient (Wildman–Crippen LogP) is 1.00. The maximum Gasteiger partial charge on any atom is 0.416 e. The number of sulfonamides is 1. The number of alkyl halides is 3. The number of aliphatic hydroxyl groups excluding tert-OH is 1. The second-order valence-corrected chi connectivity index (χ2v) is 6.93. The maximum absolute atomic E-state index is 12.7. The van der Waals surface area contributed by atoms with Crippen molar-refractivity contribution in [2.75, 3.05) is 39.3 Å². The van der Waals surface area contributed by atoms with Crippen molar-refractivity contribution >= 4 is 10.0 Å². The van der Waals surface area contributed by atoms with Crippen LogP contribution in [0.5, 0.6) is 0 Å². The van der Waals surface area contributed by atoms with Crippen molar-refractivity contribution < 1.29 is 26.7 Å². The quantitative estimate of drug-likeness (QED) is 0.890. The van der Waals surface area contributed by atoms with Crippen LogP contribution in [0.25, 0.3) is 0 Å². The van der Waals surface area contributed by atoms with Crippen LogP contribution in [0.3, 0.4) is 0 Å². The first kappa shape index (κ1) is 17.2. The smallest absolute Gasteiger partial charge is 0.395 e. The SMILES string of the molecule is O=S(=O)(c1cccc(C(F)(F)F)c1)N1CCN(CCO)CC1. The summed E-state index contributed by atoms with van der Waals surface area (Å²) >= 11 is 0. The molecule has 5 nitrogen and oxygen atoms in total. The number of hydrogen-bond acceptors (Lipinski definition) is 4. The molecule has 0 spiro atoms. The van der Waals surface area contributed by atoms with Crippen LogP contribution in [0.15, 0.2) is 29.2 Å². The zero-order chi connectivity index (χ0) is 16.4. The number of aliphatic hydroxyl groups is 1. The molecule has 22 heavy (non-hydrogen) atoms. The van der Waals surface area contributed by atoms with Gasteiger partial charge in [-0.05, 0) is 18.2 Å². The van der Waals surface area contributed by atoms with E-state index in [0.717, 1.165) is 12.1 Å². The number of hydrogen-bond donors (Lipinski definition) is 1. The van der Waals surface area contributed by atoms with Crippen molar-refractivity contribution in [2.24, 2.45) is 0 Å². The van der Waals surface area contributed by atoms with Crippen LogP contribution in [0.1, 0.15) is 5.56 Å². The first-order valence-electron chi connectivity index (χ1n) is 6.76. The van der Waals surface area contributed by atoms with Crippen LogP contribution < -0.4 is 0 Å². The van der Waals surface area contributed by atoms with Gasteiger partial charge in [-0.15, -0.1) is 0 Å². The van der Waals surface area contributed by atoms with Gasteiger partial charge in [-0.3, -0.25) is 4.90 Å². The molecule has 0 bridgehead atoms. The molecular formula is C13H17F3N2O3S. The number of rotatable bonds is 4. The Kier molecular flexibility index (Phi) is 5.10. The van der Waals surface area contributed by atoms with E-state index in [1.807, 2.05) is 4.90 Å². The van der Waals surface area contributed by atoms with E-state index >= 15 is 0 Å². The van der Waals surface area contributed by atoms with Crippen molar-refractivity contribution in [2.45, 2.75) is 11.1 Å². The zero-order valence-corrected chi connectivity index (χ0v) is 12.6. The van der Waals surface area contributed by atoms with Gasteiger partial charge >= 0.3 is 6.18 Å². The minimum Gasteiger partial charge on any atom is -0.395 e. The maximum atomic E-state index is 12.7. The average molecular weight is 338 g/mol. The molecule has 1 aromatic carbocycles. The molecule has 2 rings (SSSR count). The standard InChI is InChI=1S/C13H17F3N2O3S/c14-13(15,16)11-2-1-3-12(10-11)22(20,21)18-6-4-17(5-7-18)8-9-19/h1-3,10,19H,4-9H2. The lowest BCUT2D eigenvalue weighted by molar-refractivity contribution is -0.137. The Labute approximate surface area is 127 Å². The Morgan fingerprint density at radius 1 is 1.14 bits per heavy atom. The molecule has 0 amide bonds. The van der Waals surface area contributed by atoms with Crippen LogP contribution in [-0.4, -0.2) is 62.1 Å². The minimum atomic E-state index is -4.58. The van der Waals surface area contributed by atoms with Gasteiger partial charge < -0.3 is 5.11 Å². The number of β-amino-alcohol motifs (C(OH)–C–C–N with tert-alkyl or cyclic N) is 1. The topological polar surface area (TPSA) is 60.9 Å². The highest BCUT2D eigenvalue weighted by Gasteiger charge is 2.33. The Morgan fingerprint density at radius 2 is 1.77 bits per heavy atom. The van der Waals surface area contributed by atoms with Gasteiger partial charge in [0.05, 0.1) is 17.1 Å². The van der Waals surface area contributed by atoms with E-state index < -0.39 is 21.8 Å². The van der Waals surface area contributed by atoms with E-state index in [0.29, 0.717) is 25.7 Å². The molecule has 1 aliphatic heterocycles. The van der Waals surface area contributed by atoms with Gasteiger partial charge in [0.15, 0.2) is 0 Å². The van der Waals surface area contributed by atoms with Gasteiger partial charge in [0.25, 0.3) is 0 Å². The molecule has 0 saturated carbocycles. The molecule has 124 valence electrons. The van der Waals surface area contributed by atoms with Crippen molar-refractivity contribution in [3.63, 3.8) is 0 Å². The monoisotopic (exact) mass is 338 g/mol. The molecule has 1 aliphatic rings. The van der Waals surface area contributed by atoms with Crippen molar-refractivity contribution in [3.05, 3.63) is 29.8 Å². The first-order chi connectivity index (χ1) is 10.2. The first-order valence-corrected chi connectivity index (χ1v) is 8.20. The van der Waals surface area contributed by atoms with Gasteiger partial charge in [-0.2, -0.15) is 17.5 Å². The molecule has 1 fully saturated rings. The molecule has 9 heteroatoms. The average Bonchev–Trinajstić information content (AvgIpc) is 2.47. The largest absolute Gasteiger partial charge is 0.416 e. The summed E-state index contributed by atoms with van der Waals surface area (Å²) in [5.41, 5.74) is -0.979. The van der Waals surface area contributed by atoms with E-state index in [-0.39, 0.29) is 24.6 Å². The Morgan fingerprint density at radius 3 is 2.32 bits per heavy atom. The van der Waals surface area contributed by atoms with Crippen LogP contribution in [0.2, 0.25) is 0 Å². The number of benzene rings is 1. The number of halogens is 3. The number of nitrogens with zero attached hydrogens (tertiary/aromatic N) is 2. The summed E-state index contributed by atoms with van der Waals surface area (Å²) in [6.07, 6.45) is -4.58. The van der Waals surface area contributed by atoms with E-state index in [1.165, 1.54) is 10.4 Å². The zero-order valence-electron chi connectivity index (χ0n) is 11.8. The lowest BCUT2D eigenvalue weighted by atomic mass is 10.2. The second kappa shape index (κ2) is 6.53. The molecule has 0 radical (unpaired) electrons. The highest BCUT2D eigenvalue weighted by Crippen LogP contribution is 2.31. The molecular weight excluding hydrogens is 321 g/mol. The summed E-state index contributed by atoms with van der Waals surface area (Å²) in [5.74, 6) is 0. The van der Waals surface area contributed by atoms with Gasteiger partial charge in [0, 0.05) is 32.7 Å². The van der Waals surface area contributed by atoms with Crippen molar-refractivity contribution in [1.82, 2.24) is 9.21 Å². The van der Waals surface area contributed by atoms with Crippen LogP contribution in [-0.2, 0) is 16.2 Å². The van der Waals surface area contributed by atoms with E-state index in [2.05, 4.69) is 0 Å².